The highest BCUT2D eigenvalue weighted by Gasteiger charge is 2.48. The number of rotatable bonds is 5. The molecule has 8 nitrogen and oxygen atoms in total. The summed E-state index contributed by atoms with van der Waals surface area (Å²) in [6, 6.07) is -1.23. The molecule has 0 amide bonds. The number of allylic oxidation sites excluding steroid dienone is 3. The zero-order valence-electron chi connectivity index (χ0n) is 13.5. The molecule has 3 rings (SSSR count). The van der Waals surface area contributed by atoms with Crippen molar-refractivity contribution in [2.75, 3.05) is 11.5 Å². The standard InChI is InChI=1S/C15H23NO7S/c1-7-3-4-8(2)22-15-13(18)12(17)11(7)10(23-15)6-24(21)5-9(16)14(19)20/h3-4,9-13,15,17-18H,5-6,16H2,1-2H3,(H,19,20)/b7-3-,8-4-. The molecule has 3 aliphatic rings. The van der Waals surface area contributed by atoms with E-state index in [1.54, 1.807) is 26.0 Å². The molecular formula is C15H23NO7S. The molecule has 9 heteroatoms. The van der Waals surface area contributed by atoms with Crippen molar-refractivity contribution in [2.24, 2.45) is 11.7 Å². The van der Waals surface area contributed by atoms with Crippen LogP contribution in [-0.4, -0.2) is 68.0 Å². The Morgan fingerprint density at radius 1 is 1.38 bits per heavy atom. The molecule has 0 radical (unpaired) electrons. The van der Waals surface area contributed by atoms with E-state index in [0.29, 0.717) is 5.76 Å². The third-order valence-electron chi connectivity index (χ3n) is 4.15. The lowest BCUT2D eigenvalue weighted by Crippen LogP contribution is -2.57. The second-order valence-corrected chi connectivity index (χ2v) is 7.62. The van der Waals surface area contributed by atoms with Crippen LogP contribution in [-0.2, 0) is 25.4 Å². The lowest BCUT2D eigenvalue weighted by molar-refractivity contribution is -0.263. The minimum absolute atomic E-state index is 0.0144. The highest BCUT2D eigenvalue weighted by molar-refractivity contribution is 7.91. The van der Waals surface area contributed by atoms with E-state index >= 15 is 0 Å². The van der Waals surface area contributed by atoms with Gasteiger partial charge in [-0.15, -0.1) is 0 Å². The Morgan fingerprint density at radius 2 is 2.04 bits per heavy atom. The van der Waals surface area contributed by atoms with Gasteiger partial charge in [-0.25, -0.2) is 0 Å². The van der Waals surface area contributed by atoms with Crippen molar-refractivity contribution >= 4 is 17.1 Å². The van der Waals surface area contributed by atoms with E-state index in [1.807, 2.05) is 0 Å². The number of carbonyl (C=O) groups is 1. The van der Waals surface area contributed by atoms with Gasteiger partial charge in [0, 0.05) is 5.92 Å². The highest BCUT2D eigenvalue weighted by atomic mass is 32.2. The number of nitrogens with two attached hydrogens (primary N) is 1. The Morgan fingerprint density at radius 3 is 2.67 bits per heavy atom. The van der Waals surface area contributed by atoms with E-state index in [-0.39, 0.29) is 11.5 Å². The molecule has 5 N–H and O–H groups in total. The summed E-state index contributed by atoms with van der Waals surface area (Å²) in [7, 11) is 0. The first kappa shape index (κ1) is 19.2. The average molecular weight is 361 g/mol. The van der Waals surface area contributed by atoms with E-state index in [9.17, 15) is 19.6 Å². The quantitative estimate of drug-likeness (QED) is 0.461. The first-order valence-electron chi connectivity index (χ1n) is 7.57. The number of hydrogen-bond donors (Lipinski definition) is 4. The second-order valence-electron chi connectivity index (χ2n) is 6.07. The molecule has 3 aliphatic heterocycles. The first-order valence-corrected chi connectivity index (χ1v) is 9.06. The Balaban J connectivity index is 2.17. The van der Waals surface area contributed by atoms with Crippen LogP contribution in [0.3, 0.4) is 0 Å². The molecule has 7 atom stereocenters. The van der Waals surface area contributed by atoms with Gasteiger partial charge in [0.2, 0.25) is 6.29 Å². The van der Waals surface area contributed by atoms with Gasteiger partial charge in [0.05, 0.1) is 11.9 Å². The second kappa shape index (κ2) is 7.85. The number of aliphatic carboxylic acids is 1. The Bertz CT molecular complexity index is 536. The Labute approximate surface area is 143 Å². The highest BCUT2D eigenvalue weighted by Crippen LogP contribution is 2.34. The normalized spacial score (nSPS) is 40.0. The lowest BCUT2D eigenvalue weighted by Gasteiger charge is -2.42. The van der Waals surface area contributed by atoms with E-state index in [1.165, 1.54) is 0 Å². The first-order chi connectivity index (χ1) is 11.2. The van der Waals surface area contributed by atoms with E-state index in [4.69, 9.17) is 20.3 Å². The van der Waals surface area contributed by atoms with Crippen molar-refractivity contribution in [1.29, 1.82) is 0 Å². The van der Waals surface area contributed by atoms with Crippen molar-refractivity contribution in [2.45, 2.75) is 44.5 Å². The molecule has 0 spiro atoms. The number of hydrogen-bond acceptors (Lipinski definition) is 7. The monoisotopic (exact) mass is 361 g/mol. The maximum absolute atomic E-state index is 12.2. The SMILES string of the molecule is C/C1=C/C=C(/C)C2C(C[S+]([O-])CC(N)C(=O)O)OC(O1)C(O)C2O. The van der Waals surface area contributed by atoms with Crippen LogP contribution < -0.4 is 5.73 Å². The maximum atomic E-state index is 12.2. The van der Waals surface area contributed by atoms with Gasteiger partial charge in [-0.1, -0.05) is 11.6 Å². The van der Waals surface area contributed by atoms with E-state index in [0.717, 1.165) is 5.57 Å². The van der Waals surface area contributed by atoms with Crippen molar-refractivity contribution in [1.82, 2.24) is 0 Å². The number of aliphatic hydroxyl groups excluding tert-OH is 2. The summed E-state index contributed by atoms with van der Waals surface area (Å²) in [5.41, 5.74) is 6.15. The van der Waals surface area contributed by atoms with E-state index < -0.39 is 53.7 Å². The molecule has 0 aliphatic carbocycles. The van der Waals surface area contributed by atoms with Crippen LogP contribution in [0.5, 0.6) is 0 Å². The largest absolute Gasteiger partial charge is 0.616 e. The van der Waals surface area contributed by atoms with Gasteiger partial charge >= 0.3 is 5.97 Å². The van der Waals surface area contributed by atoms with Crippen LogP contribution in [0.1, 0.15) is 13.8 Å². The van der Waals surface area contributed by atoms with Crippen molar-refractivity contribution in [3.63, 3.8) is 0 Å². The molecule has 0 saturated carbocycles. The summed E-state index contributed by atoms with van der Waals surface area (Å²) >= 11 is -1.56. The minimum atomic E-state index is -1.56. The fourth-order valence-corrected chi connectivity index (χ4v) is 4.17. The summed E-state index contributed by atoms with van der Waals surface area (Å²) in [4.78, 5) is 10.8. The molecule has 0 aromatic heterocycles. The lowest BCUT2D eigenvalue weighted by atomic mass is 9.84. The van der Waals surface area contributed by atoms with Gasteiger partial charge in [0.1, 0.15) is 29.8 Å². The topological polar surface area (TPSA) is 145 Å². The summed E-state index contributed by atoms with van der Waals surface area (Å²) in [5, 5.41) is 29.4. The van der Waals surface area contributed by atoms with E-state index in [2.05, 4.69) is 0 Å². The van der Waals surface area contributed by atoms with Crippen LogP contribution in [0.2, 0.25) is 0 Å². The predicted octanol–water partition coefficient (Wildman–Crippen LogP) is -0.910. The average Bonchev–Trinajstić information content (AvgIpc) is 2.56. The Hall–Kier alpha value is -1.10. The summed E-state index contributed by atoms with van der Waals surface area (Å²) in [6.45, 7) is 3.47. The molecule has 7 unspecified atom stereocenters. The molecule has 1 fully saturated rings. The van der Waals surface area contributed by atoms with Gasteiger partial charge in [-0.3, -0.25) is 4.79 Å². The molecule has 0 aromatic rings. The third-order valence-corrected chi connectivity index (χ3v) is 5.58. The molecule has 2 bridgehead atoms. The fourth-order valence-electron chi connectivity index (χ4n) is 2.84. The molecule has 3 heterocycles. The van der Waals surface area contributed by atoms with Crippen molar-refractivity contribution in [3.05, 3.63) is 23.5 Å². The van der Waals surface area contributed by atoms with Gasteiger partial charge < -0.3 is 35.1 Å². The number of ether oxygens (including phenoxy) is 2. The number of aliphatic hydroxyl groups is 2. The van der Waals surface area contributed by atoms with Crippen LogP contribution in [0, 0.1) is 5.92 Å². The van der Waals surface area contributed by atoms with Crippen molar-refractivity contribution in [3.8, 4) is 0 Å². The third kappa shape index (κ3) is 4.29. The van der Waals surface area contributed by atoms with Gasteiger partial charge in [0.25, 0.3) is 0 Å². The van der Waals surface area contributed by atoms with Gasteiger partial charge in [0.15, 0.2) is 0 Å². The smallest absolute Gasteiger partial charge is 0.325 e. The van der Waals surface area contributed by atoms with Crippen LogP contribution in [0.25, 0.3) is 0 Å². The maximum Gasteiger partial charge on any atom is 0.325 e. The molecule has 136 valence electrons. The zero-order valence-corrected chi connectivity index (χ0v) is 14.3. The fraction of sp³-hybridized carbons (Fsp3) is 0.667. The number of carboxylic acids is 1. The number of carboxylic acid groups (broad SMARTS) is 1. The predicted molar refractivity (Wildman–Crippen MR) is 86.3 cm³/mol. The van der Waals surface area contributed by atoms with Crippen molar-refractivity contribution < 1.29 is 34.1 Å². The van der Waals surface area contributed by atoms with Crippen LogP contribution in [0.4, 0.5) is 0 Å². The summed E-state index contributed by atoms with van der Waals surface area (Å²) in [6.07, 6.45) is -0.692. The van der Waals surface area contributed by atoms with Crippen LogP contribution >= 0.6 is 0 Å². The molecule has 0 aromatic carbocycles. The molecule has 24 heavy (non-hydrogen) atoms. The summed E-state index contributed by atoms with van der Waals surface area (Å²) in [5.74, 6) is -1.52. The minimum Gasteiger partial charge on any atom is -0.616 e. The molecule has 1 saturated heterocycles. The number of fused-ring (bicyclic) bond motifs is 4. The van der Waals surface area contributed by atoms with Crippen LogP contribution in [0.15, 0.2) is 23.5 Å². The summed E-state index contributed by atoms with van der Waals surface area (Å²) < 4.78 is 23.4. The Kier molecular flexibility index (Phi) is 6.29. The van der Waals surface area contributed by atoms with Gasteiger partial charge in [-0.2, -0.15) is 0 Å². The molecular weight excluding hydrogens is 338 g/mol. The zero-order chi connectivity index (χ0) is 18.0. The van der Waals surface area contributed by atoms with Gasteiger partial charge in [-0.05, 0) is 31.1 Å².